The van der Waals surface area contributed by atoms with Crippen LogP contribution in [0.15, 0.2) is 35.3 Å². The van der Waals surface area contributed by atoms with Crippen molar-refractivity contribution in [2.75, 3.05) is 13.2 Å². The number of hydrogen-bond acceptors (Lipinski definition) is 2. The maximum atomic E-state index is 4.16. The van der Waals surface area contributed by atoms with Gasteiger partial charge in [0.25, 0.3) is 0 Å². The second-order valence-corrected chi connectivity index (χ2v) is 3.00. The van der Waals surface area contributed by atoms with Gasteiger partial charge in [-0.2, -0.15) is 0 Å². The van der Waals surface area contributed by atoms with E-state index in [0.717, 1.165) is 19.8 Å². The van der Waals surface area contributed by atoms with Crippen LogP contribution in [0.4, 0.5) is 0 Å². The summed E-state index contributed by atoms with van der Waals surface area (Å²) in [5, 5.41) is 0. The Hall–Kier alpha value is -1.15. The van der Waals surface area contributed by atoms with Crippen molar-refractivity contribution in [3.05, 3.63) is 35.9 Å². The van der Waals surface area contributed by atoms with Crippen LogP contribution in [0.25, 0.3) is 0 Å². The number of hydrogen-bond donors (Lipinski definition) is 0. The van der Waals surface area contributed by atoms with Crippen molar-refractivity contribution in [3.8, 4) is 0 Å². The lowest BCUT2D eigenvalue weighted by Crippen LogP contribution is -2.19. The van der Waals surface area contributed by atoms with Crippen LogP contribution in [0.3, 0.4) is 0 Å². The Morgan fingerprint density at radius 1 is 1.25 bits per heavy atom. The summed E-state index contributed by atoms with van der Waals surface area (Å²) in [4.78, 5) is 6.46. The number of nitrogens with zero attached hydrogens (tertiary/aromatic N) is 2. The molecule has 0 saturated carbocycles. The van der Waals surface area contributed by atoms with Crippen molar-refractivity contribution in [2.45, 2.75) is 6.54 Å². The quantitative estimate of drug-likeness (QED) is 0.640. The second-order valence-electron chi connectivity index (χ2n) is 3.00. The molecule has 0 atom stereocenters. The van der Waals surface area contributed by atoms with Gasteiger partial charge in [0.2, 0.25) is 0 Å². The summed E-state index contributed by atoms with van der Waals surface area (Å²) in [5.41, 5.74) is 1.36. The van der Waals surface area contributed by atoms with Crippen LogP contribution in [0.2, 0.25) is 0 Å². The molecule has 0 N–H and O–H groups in total. The van der Waals surface area contributed by atoms with Gasteiger partial charge in [-0.3, -0.25) is 9.89 Å². The first-order valence-corrected chi connectivity index (χ1v) is 4.20. The minimum absolute atomic E-state index is 0.856. The lowest BCUT2D eigenvalue weighted by Gasteiger charge is -2.12. The third kappa shape index (κ3) is 1.71. The van der Waals surface area contributed by atoms with Gasteiger partial charge in [0.05, 0.1) is 6.67 Å². The molecule has 0 saturated heterocycles. The molecule has 2 heteroatoms. The van der Waals surface area contributed by atoms with Gasteiger partial charge in [0, 0.05) is 19.3 Å². The summed E-state index contributed by atoms with van der Waals surface area (Å²) in [6.45, 7) is 2.87. The van der Waals surface area contributed by atoms with Gasteiger partial charge in [-0.15, -0.1) is 0 Å². The molecular weight excluding hydrogens is 148 g/mol. The zero-order chi connectivity index (χ0) is 8.23. The van der Waals surface area contributed by atoms with Crippen molar-refractivity contribution in [1.29, 1.82) is 0 Å². The fourth-order valence-corrected chi connectivity index (χ4v) is 1.36. The molecule has 0 spiro atoms. The van der Waals surface area contributed by atoms with Gasteiger partial charge in [0.1, 0.15) is 0 Å². The highest BCUT2D eigenvalue weighted by atomic mass is 15.2. The Morgan fingerprint density at radius 2 is 2.08 bits per heavy atom. The highest BCUT2D eigenvalue weighted by molar-refractivity contribution is 5.61. The van der Waals surface area contributed by atoms with E-state index in [4.69, 9.17) is 0 Å². The topological polar surface area (TPSA) is 15.6 Å². The monoisotopic (exact) mass is 160 g/mol. The lowest BCUT2D eigenvalue weighted by atomic mass is 10.2. The summed E-state index contributed by atoms with van der Waals surface area (Å²) < 4.78 is 0. The summed E-state index contributed by atoms with van der Waals surface area (Å²) in [7, 11) is 0. The first-order chi connectivity index (χ1) is 5.95. The standard InChI is InChI=1S/C10H12N2/c1-2-4-10(5-3-1)8-12-7-6-11-9-12/h1-6H,7-9H2. The van der Waals surface area contributed by atoms with Gasteiger partial charge in [-0.25, -0.2) is 0 Å². The number of aliphatic imine (C=N–C) groups is 1. The molecule has 0 amide bonds. The molecule has 1 aliphatic rings. The van der Waals surface area contributed by atoms with Crippen LogP contribution < -0.4 is 0 Å². The van der Waals surface area contributed by atoms with Crippen LogP contribution in [0, 0.1) is 0 Å². The third-order valence-electron chi connectivity index (χ3n) is 2.00. The van der Waals surface area contributed by atoms with Gasteiger partial charge < -0.3 is 0 Å². The molecule has 2 rings (SSSR count). The Labute approximate surface area is 72.5 Å². The van der Waals surface area contributed by atoms with Crippen molar-refractivity contribution in [2.24, 2.45) is 4.99 Å². The fraction of sp³-hybridized carbons (Fsp3) is 0.300. The maximum Gasteiger partial charge on any atom is 0.0912 e. The van der Waals surface area contributed by atoms with Crippen LogP contribution in [0.5, 0.6) is 0 Å². The minimum atomic E-state index is 0.856. The van der Waals surface area contributed by atoms with Crippen molar-refractivity contribution < 1.29 is 0 Å². The van der Waals surface area contributed by atoms with Gasteiger partial charge in [0.15, 0.2) is 0 Å². The van der Waals surface area contributed by atoms with E-state index in [9.17, 15) is 0 Å². The first-order valence-electron chi connectivity index (χ1n) is 4.20. The van der Waals surface area contributed by atoms with Gasteiger partial charge >= 0.3 is 0 Å². The average molecular weight is 160 g/mol. The third-order valence-corrected chi connectivity index (χ3v) is 2.00. The number of benzene rings is 1. The molecule has 1 aromatic carbocycles. The molecule has 0 bridgehead atoms. The smallest absolute Gasteiger partial charge is 0.0912 e. The predicted octanol–water partition coefficient (Wildman–Crippen LogP) is 1.53. The number of rotatable bonds is 2. The van der Waals surface area contributed by atoms with E-state index in [1.54, 1.807) is 0 Å². The summed E-state index contributed by atoms with van der Waals surface area (Å²) in [6.07, 6.45) is 1.98. The Morgan fingerprint density at radius 3 is 2.75 bits per heavy atom. The highest BCUT2D eigenvalue weighted by Crippen LogP contribution is 2.05. The predicted molar refractivity (Wildman–Crippen MR) is 50.2 cm³/mol. The molecule has 2 nitrogen and oxygen atoms in total. The maximum absolute atomic E-state index is 4.16. The van der Waals surface area contributed by atoms with Crippen molar-refractivity contribution >= 4 is 6.21 Å². The van der Waals surface area contributed by atoms with E-state index >= 15 is 0 Å². The van der Waals surface area contributed by atoms with Crippen molar-refractivity contribution in [3.63, 3.8) is 0 Å². The van der Waals surface area contributed by atoms with E-state index in [-0.39, 0.29) is 0 Å². The normalized spacial score (nSPS) is 17.0. The molecule has 1 heterocycles. The summed E-state index contributed by atoms with van der Waals surface area (Å²) in [5.74, 6) is 0. The fourth-order valence-electron chi connectivity index (χ4n) is 1.36. The van der Waals surface area contributed by atoms with Crippen LogP contribution in [-0.4, -0.2) is 24.3 Å². The largest absolute Gasteiger partial charge is 0.281 e. The Bertz CT molecular complexity index is 258. The summed E-state index contributed by atoms with van der Waals surface area (Å²) in [6, 6.07) is 10.5. The molecule has 0 aromatic heterocycles. The molecular formula is C10H12N2. The molecule has 1 aliphatic heterocycles. The Balaban J connectivity index is 1.95. The van der Waals surface area contributed by atoms with Crippen LogP contribution in [-0.2, 0) is 6.54 Å². The average Bonchev–Trinajstić information content (AvgIpc) is 2.59. The minimum Gasteiger partial charge on any atom is -0.281 e. The van der Waals surface area contributed by atoms with Crippen LogP contribution >= 0.6 is 0 Å². The van der Waals surface area contributed by atoms with E-state index in [1.807, 2.05) is 12.3 Å². The molecule has 0 fully saturated rings. The molecule has 0 aliphatic carbocycles. The SMILES string of the molecule is C1=NCN(Cc2ccccc2)C1. The second kappa shape index (κ2) is 3.50. The van der Waals surface area contributed by atoms with Gasteiger partial charge in [-0.1, -0.05) is 30.3 Å². The van der Waals surface area contributed by atoms with E-state index < -0.39 is 0 Å². The molecule has 0 radical (unpaired) electrons. The van der Waals surface area contributed by atoms with E-state index in [1.165, 1.54) is 5.56 Å². The van der Waals surface area contributed by atoms with Gasteiger partial charge in [-0.05, 0) is 5.56 Å². The molecule has 0 unspecified atom stereocenters. The highest BCUT2D eigenvalue weighted by Gasteiger charge is 2.06. The van der Waals surface area contributed by atoms with Crippen molar-refractivity contribution in [1.82, 2.24) is 4.90 Å². The summed E-state index contributed by atoms with van der Waals surface area (Å²) >= 11 is 0. The zero-order valence-corrected chi connectivity index (χ0v) is 6.98. The Kier molecular flexibility index (Phi) is 2.19. The lowest BCUT2D eigenvalue weighted by molar-refractivity contribution is 0.335. The van der Waals surface area contributed by atoms with E-state index in [2.05, 4.69) is 34.2 Å². The zero-order valence-electron chi connectivity index (χ0n) is 6.98. The first kappa shape index (κ1) is 7.50. The van der Waals surface area contributed by atoms with Crippen LogP contribution in [0.1, 0.15) is 5.56 Å². The molecule has 12 heavy (non-hydrogen) atoms. The molecule has 1 aromatic rings. The van der Waals surface area contributed by atoms with E-state index in [0.29, 0.717) is 0 Å². The molecule has 62 valence electrons.